The van der Waals surface area contributed by atoms with Crippen molar-refractivity contribution in [3.8, 4) is 0 Å². The Kier molecular flexibility index (Phi) is 5.26. The molecule has 0 aromatic heterocycles. The monoisotopic (exact) mass is 376 g/mol. The standard InChI is InChI=1S/C20H28N2O3S/c1-13-12-14(2)16(4)20(15(13)3)26(24,25)21-11-10-19(23)22-17-6-5-7-18(22)9-8-17/h5-6,12,17-18,21H,7-11H2,1-4H3. The van der Waals surface area contributed by atoms with Crippen molar-refractivity contribution in [2.75, 3.05) is 6.54 Å². The first-order valence-corrected chi connectivity index (χ1v) is 10.8. The number of carbonyl (C=O) groups is 1. The van der Waals surface area contributed by atoms with Crippen molar-refractivity contribution < 1.29 is 13.2 Å². The molecular formula is C20H28N2O3S. The molecule has 1 aromatic carbocycles. The third-order valence-corrected chi connectivity index (χ3v) is 7.53. The van der Waals surface area contributed by atoms with E-state index in [0.29, 0.717) is 4.90 Å². The summed E-state index contributed by atoms with van der Waals surface area (Å²) in [7, 11) is -3.64. The molecule has 2 atom stereocenters. The molecule has 2 bridgehead atoms. The summed E-state index contributed by atoms with van der Waals surface area (Å²) < 4.78 is 28.3. The zero-order chi connectivity index (χ0) is 19.1. The van der Waals surface area contributed by atoms with Crippen LogP contribution in [0.2, 0.25) is 0 Å². The molecule has 0 aliphatic carbocycles. The number of hydrogen-bond donors (Lipinski definition) is 1. The lowest BCUT2D eigenvalue weighted by Crippen LogP contribution is -2.43. The molecule has 1 N–H and O–H groups in total. The maximum absolute atomic E-state index is 12.8. The minimum Gasteiger partial charge on any atom is -0.333 e. The Morgan fingerprint density at radius 2 is 1.81 bits per heavy atom. The van der Waals surface area contributed by atoms with E-state index in [1.807, 2.05) is 38.7 Å². The Hall–Kier alpha value is -1.66. The number of fused-ring (bicyclic) bond motifs is 2. The van der Waals surface area contributed by atoms with E-state index in [9.17, 15) is 13.2 Å². The molecule has 5 nitrogen and oxygen atoms in total. The number of benzene rings is 1. The lowest BCUT2D eigenvalue weighted by molar-refractivity contribution is -0.133. The van der Waals surface area contributed by atoms with Gasteiger partial charge < -0.3 is 4.90 Å². The van der Waals surface area contributed by atoms with E-state index in [2.05, 4.69) is 16.9 Å². The van der Waals surface area contributed by atoms with E-state index in [4.69, 9.17) is 0 Å². The van der Waals surface area contributed by atoms with Crippen molar-refractivity contribution in [2.24, 2.45) is 0 Å². The Balaban J connectivity index is 1.68. The van der Waals surface area contributed by atoms with Gasteiger partial charge in [-0.05, 0) is 69.2 Å². The molecule has 6 heteroatoms. The Labute approximate surface area is 156 Å². The second kappa shape index (κ2) is 7.16. The predicted molar refractivity (Wildman–Crippen MR) is 103 cm³/mol. The van der Waals surface area contributed by atoms with Gasteiger partial charge in [0.25, 0.3) is 0 Å². The first-order chi connectivity index (χ1) is 12.2. The summed E-state index contributed by atoms with van der Waals surface area (Å²) in [6.07, 6.45) is 7.42. The van der Waals surface area contributed by atoms with Crippen LogP contribution >= 0.6 is 0 Å². The molecule has 1 fully saturated rings. The van der Waals surface area contributed by atoms with Crippen molar-refractivity contribution in [1.29, 1.82) is 0 Å². The van der Waals surface area contributed by atoms with Crippen LogP contribution in [0.25, 0.3) is 0 Å². The molecule has 0 saturated carbocycles. The lowest BCUT2D eigenvalue weighted by Gasteiger charge is -2.31. The van der Waals surface area contributed by atoms with Gasteiger partial charge in [0.2, 0.25) is 15.9 Å². The quantitative estimate of drug-likeness (QED) is 0.804. The van der Waals surface area contributed by atoms with E-state index >= 15 is 0 Å². The lowest BCUT2D eigenvalue weighted by atomic mass is 10.0. The molecule has 2 aliphatic heterocycles. The fourth-order valence-electron chi connectivity index (χ4n) is 4.19. The molecular weight excluding hydrogens is 348 g/mol. The summed E-state index contributed by atoms with van der Waals surface area (Å²) in [4.78, 5) is 14.9. The van der Waals surface area contributed by atoms with Crippen LogP contribution in [-0.2, 0) is 14.8 Å². The minimum atomic E-state index is -3.64. The highest BCUT2D eigenvalue weighted by Gasteiger charge is 2.36. The Morgan fingerprint density at radius 1 is 1.15 bits per heavy atom. The number of nitrogens with one attached hydrogen (secondary N) is 1. The highest BCUT2D eigenvalue weighted by atomic mass is 32.2. The second-order valence-electron chi connectivity index (χ2n) is 7.50. The molecule has 1 saturated heterocycles. The number of aryl methyl sites for hydroxylation is 2. The van der Waals surface area contributed by atoms with Crippen LogP contribution in [0, 0.1) is 27.7 Å². The Morgan fingerprint density at radius 3 is 2.42 bits per heavy atom. The van der Waals surface area contributed by atoms with Crippen molar-refractivity contribution in [2.45, 2.75) is 70.4 Å². The molecule has 2 aliphatic rings. The van der Waals surface area contributed by atoms with Gasteiger partial charge in [0, 0.05) is 19.0 Å². The maximum atomic E-state index is 12.8. The van der Waals surface area contributed by atoms with Crippen molar-refractivity contribution in [3.05, 3.63) is 40.5 Å². The van der Waals surface area contributed by atoms with Crippen LogP contribution in [0.1, 0.15) is 47.9 Å². The van der Waals surface area contributed by atoms with Crippen molar-refractivity contribution in [1.82, 2.24) is 9.62 Å². The van der Waals surface area contributed by atoms with Crippen LogP contribution < -0.4 is 4.72 Å². The van der Waals surface area contributed by atoms with E-state index in [0.717, 1.165) is 41.5 Å². The molecule has 2 heterocycles. The first kappa shape index (κ1) is 19.1. The van der Waals surface area contributed by atoms with Crippen LogP contribution in [0.5, 0.6) is 0 Å². The maximum Gasteiger partial charge on any atom is 0.241 e. The third-order valence-electron chi connectivity index (χ3n) is 5.80. The largest absolute Gasteiger partial charge is 0.333 e. The molecule has 142 valence electrons. The summed E-state index contributed by atoms with van der Waals surface area (Å²) in [5, 5.41) is 0. The third kappa shape index (κ3) is 3.45. The fraction of sp³-hybridized carbons (Fsp3) is 0.550. The first-order valence-electron chi connectivity index (χ1n) is 9.27. The fourth-order valence-corrected chi connectivity index (χ4v) is 5.83. The molecule has 0 radical (unpaired) electrons. The van der Waals surface area contributed by atoms with Gasteiger partial charge in [-0.25, -0.2) is 13.1 Å². The summed E-state index contributed by atoms with van der Waals surface area (Å²) in [6, 6.07) is 2.49. The summed E-state index contributed by atoms with van der Waals surface area (Å²) >= 11 is 0. The molecule has 2 unspecified atom stereocenters. The summed E-state index contributed by atoms with van der Waals surface area (Å²) in [6.45, 7) is 7.64. The SMILES string of the molecule is Cc1cc(C)c(C)c(S(=O)(=O)NCCC(=O)N2C3C=CCC2CC3)c1C. The topological polar surface area (TPSA) is 66.5 Å². The molecule has 1 aromatic rings. The second-order valence-corrected chi connectivity index (χ2v) is 9.20. The van der Waals surface area contributed by atoms with Gasteiger partial charge in [-0.2, -0.15) is 0 Å². The van der Waals surface area contributed by atoms with Crippen molar-refractivity contribution >= 4 is 15.9 Å². The van der Waals surface area contributed by atoms with Gasteiger partial charge >= 0.3 is 0 Å². The number of amides is 1. The highest BCUT2D eigenvalue weighted by Crippen LogP contribution is 2.32. The average Bonchev–Trinajstić information content (AvgIpc) is 2.82. The minimum absolute atomic E-state index is 0.0402. The smallest absolute Gasteiger partial charge is 0.241 e. The summed E-state index contributed by atoms with van der Waals surface area (Å²) in [5.74, 6) is 0.0402. The van der Waals surface area contributed by atoms with Gasteiger partial charge in [-0.3, -0.25) is 4.79 Å². The molecule has 1 amide bonds. The molecule has 3 rings (SSSR count). The van der Waals surface area contributed by atoms with Crippen LogP contribution in [-0.4, -0.2) is 37.9 Å². The normalized spacial score (nSPS) is 22.1. The van der Waals surface area contributed by atoms with Gasteiger partial charge in [0.15, 0.2) is 0 Å². The van der Waals surface area contributed by atoms with Gasteiger partial charge in [0.05, 0.1) is 10.9 Å². The Bertz CT molecular complexity index is 832. The number of hydrogen-bond acceptors (Lipinski definition) is 3. The molecule has 26 heavy (non-hydrogen) atoms. The predicted octanol–water partition coefficient (Wildman–Crippen LogP) is 2.91. The number of rotatable bonds is 5. The van der Waals surface area contributed by atoms with Crippen LogP contribution in [0.15, 0.2) is 23.1 Å². The van der Waals surface area contributed by atoms with Crippen LogP contribution in [0.3, 0.4) is 0 Å². The number of nitrogens with zero attached hydrogens (tertiary/aromatic N) is 1. The zero-order valence-electron chi connectivity index (χ0n) is 16.0. The number of sulfonamides is 1. The van der Waals surface area contributed by atoms with E-state index in [-0.39, 0.29) is 31.0 Å². The number of carbonyl (C=O) groups excluding carboxylic acids is 1. The van der Waals surface area contributed by atoms with Crippen LogP contribution in [0.4, 0.5) is 0 Å². The average molecular weight is 377 g/mol. The van der Waals surface area contributed by atoms with E-state index < -0.39 is 10.0 Å². The zero-order valence-corrected chi connectivity index (χ0v) is 16.8. The van der Waals surface area contributed by atoms with Gasteiger partial charge in [-0.15, -0.1) is 0 Å². The van der Waals surface area contributed by atoms with Gasteiger partial charge in [-0.1, -0.05) is 18.2 Å². The van der Waals surface area contributed by atoms with Crippen molar-refractivity contribution in [3.63, 3.8) is 0 Å². The summed E-state index contributed by atoms with van der Waals surface area (Å²) in [5.41, 5.74) is 3.46. The highest BCUT2D eigenvalue weighted by molar-refractivity contribution is 7.89. The van der Waals surface area contributed by atoms with Gasteiger partial charge in [0.1, 0.15) is 0 Å². The van der Waals surface area contributed by atoms with E-state index in [1.165, 1.54) is 0 Å². The molecule has 0 spiro atoms. The van der Waals surface area contributed by atoms with E-state index in [1.54, 1.807) is 0 Å².